The lowest BCUT2D eigenvalue weighted by atomic mass is 9.87. The first-order valence-corrected chi connectivity index (χ1v) is 9.04. The van der Waals surface area contributed by atoms with Crippen molar-refractivity contribution in [3.8, 4) is 11.8 Å². The van der Waals surface area contributed by atoms with Gasteiger partial charge < -0.3 is 10.5 Å². The molecular weight excluding hydrogens is 373 g/mol. The third-order valence-corrected chi connectivity index (χ3v) is 5.87. The van der Waals surface area contributed by atoms with Gasteiger partial charge in [-0.1, -0.05) is 17.7 Å². The molecule has 0 amide bonds. The number of nitrogens with zero attached hydrogens (tertiary/aromatic N) is 2. The summed E-state index contributed by atoms with van der Waals surface area (Å²) >= 11 is 7.66. The van der Waals surface area contributed by atoms with Crippen LogP contribution < -0.4 is 10.5 Å². The maximum absolute atomic E-state index is 14.7. The number of nitriles is 1. The van der Waals surface area contributed by atoms with E-state index in [0.29, 0.717) is 10.6 Å². The molecule has 0 bridgehead atoms. The summed E-state index contributed by atoms with van der Waals surface area (Å²) in [6, 6.07) is 8.46. The Kier molecular flexibility index (Phi) is 3.87. The number of aryl methyl sites for hydroxylation is 2. The molecule has 0 unspecified atom stereocenters. The lowest BCUT2D eigenvalue weighted by Gasteiger charge is -2.24. The summed E-state index contributed by atoms with van der Waals surface area (Å²) in [5.74, 6) is -0.731. The van der Waals surface area contributed by atoms with Gasteiger partial charge in [-0.3, -0.25) is 0 Å². The molecule has 7 heteroatoms. The lowest BCUT2D eigenvalue weighted by Crippen LogP contribution is -2.20. The number of halogens is 2. The summed E-state index contributed by atoms with van der Waals surface area (Å²) in [5.41, 5.74) is 8.24. The number of nitrogens with two attached hydrogens (primary N) is 1. The highest BCUT2D eigenvalue weighted by molar-refractivity contribution is 7.19. The van der Waals surface area contributed by atoms with Crippen LogP contribution in [0, 0.1) is 31.0 Å². The van der Waals surface area contributed by atoms with Crippen LogP contribution in [-0.4, -0.2) is 4.98 Å². The van der Waals surface area contributed by atoms with Gasteiger partial charge in [0.25, 0.3) is 0 Å². The summed E-state index contributed by atoms with van der Waals surface area (Å²) < 4.78 is 20.4. The average molecular weight is 386 g/mol. The summed E-state index contributed by atoms with van der Waals surface area (Å²) in [6.07, 6.45) is 0. The van der Waals surface area contributed by atoms with Gasteiger partial charge in [-0.15, -0.1) is 11.3 Å². The predicted octanol–water partition coefficient (Wildman–Crippen LogP) is 4.92. The second kappa shape index (κ2) is 5.97. The van der Waals surface area contributed by atoms with Gasteiger partial charge in [0, 0.05) is 16.3 Å². The molecule has 1 atom stereocenters. The second-order valence-electron chi connectivity index (χ2n) is 6.12. The first-order valence-electron chi connectivity index (χ1n) is 7.84. The molecule has 1 aliphatic rings. The van der Waals surface area contributed by atoms with Crippen LogP contribution in [0.2, 0.25) is 5.02 Å². The smallest absolute Gasteiger partial charge is 0.205 e. The van der Waals surface area contributed by atoms with E-state index < -0.39 is 11.7 Å². The van der Waals surface area contributed by atoms with Crippen molar-refractivity contribution < 1.29 is 9.13 Å². The molecule has 130 valence electrons. The molecule has 0 fully saturated rings. The lowest BCUT2D eigenvalue weighted by molar-refractivity contribution is 0.400. The number of pyridine rings is 1. The molecule has 0 saturated carbocycles. The Hall–Kier alpha value is -2.62. The molecule has 1 aromatic carbocycles. The Morgan fingerprint density at radius 2 is 2.15 bits per heavy atom. The number of rotatable bonds is 1. The minimum Gasteiger partial charge on any atom is -0.439 e. The Labute approximate surface area is 158 Å². The summed E-state index contributed by atoms with van der Waals surface area (Å²) in [6.45, 7) is 3.86. The topological polar surface area (TPSA) is 71.9 Å². The molecule has 2 N–H and O–H groups in total. The molecule has 0 spiro atoms. The Morgan fingerprint density at radius 1 is 1.38 bits per heavy atom. The van der Waals surface area contributed by atoms with Crippen molar-refractivity contribution in [3.05, 3.63) is 68.3 Å². The molecule has 1 aliphatic heterocycles. The molecular formula is C19H13ClFN3OS. The van der Waals surface area contributed by atoms with Gasteiger partial charge in [0.05, 0.1) is 16.2 Å². The van der Waals surface area contributed by atoms with Crippen molar-refractivity contribution in [1.29, 1.82) is 5.26 Å². The van der Waals surface area contributed by atoms with Gasteiger partial charge in [0.2, 0.25) is 5.88 Å². The highest BCUT2D eigenvalue weighted by atomic mass is 35.5. The van der Waals surface area contributed by atoms with Crippen LogP contribution in [0.25, 0.3) is 10.2 Å². The normalized spacial score (nSPS) is 16.3. The van der Waals surface area contributed by atoms with Crippen LogP contribution >= 0.6 is 22.9 Å². The SMILES string of the molecule is Cc1cc(C)c2c3c(sc2n1)[C@H](c1c(F)cccc1Cl)C(C#N)=C(N)O3. The zero-order valence-corrected chi connectivity index (χ0v) is 15.5. The van der Waals surface area contributed by atoms with E-state index in [1.54, 1.807) is 6.07 Å². The van der Waals surface area contributed by atoms with Crippen LogP contribution in [0.5, 0.6) is 5.75 Å². The Balaban J connectivity index is 2.09. The molecule has 0 saturated heterocycles. The standard InChI is InChI=1S/C19H13ClFN3OS/c1-8-6-9(2)24-19-13(8)16-17(26-19)14(10(7-22)18(23)25-16)15-11(20)4-3-5-12(15)21/h3-6,14H,23H2,1-2H3/t14-/m0/s1. The molecule has 4 nitrogen and oxygen atoms in total. The van der Waals surface area contributed by atoms with Gasteiger partial charge in [0.15, 0.2) is 5.75 Å². The van der Waals surface area contributed by atoms with Crippen molar-refractivity contribution in [3.63, 3.8) is 0 Å². The fraction of sp³-hybridized carbons (Fsp3) is 0.158. The van der Waals surface area contributed by atoms with E-state index in [1.165, 1.54) is 23.5 Å². The van der Waals surface area contributed by atoms with Gasteiger partial charge >= 0.3 is 0 Å². The summed E-state index contributed by atoms with van der Waals surface area (Å²) in [7, 11) is 0. The zero-order valence-electron chi connectivity index (χ0n) is 13.9. The molecule has 3 heterocycles. The van der Waals surface area contributed by atoms with E-state index in [9.17, 15) is 9.65 Å². The van der Waals surface area contributed by atoms with Crippen LogP contribution in [0.1, 0.15) is 27.6 Å². The van der Waals surface area contributed by atoms with E-state index in [2.05, 4.69) is 11.1 Å². The highest BCUT2D eigenvalue weighted by Crippen LogP contribution is 2.52. The number of hydrogen-bond acceptors (Lipinski definition) is 5. The van der Waals surface area contributed by atoms with Gasteiger partial charge in [-0.05, 0) is 37.6 Å². The Morgan fingerprint density at radius 3 is 2.85 bits per heavy atom. The largest absolute Gasteiger partial charge is 0.439 e. The van der Waals surface area contributed by atoms with Crippen molar-refractivity contribution in [2.24, 2.45) is 5.73 Å². The number of fused-ring (bicyclic) bond motifs is 3. The minimum absolute atomic E-state index is 0.0380. The minimum atomic E-state index is -0.726. The third kappa shape index (κ3) is 2.36. The van der Waals surface area contributed by atoms with E-state index in [0.717, 1.165) is 21.5 Å². The first kappa shape index (κ1) is 16.8. The highest BCUT2D eigenvalue weighted by Gasteiger charge is 2.37. The van der Waals surface area contributed by atoms with Crippen LogP contribution in [-0.2, 0) is 0 Å². The van der Waals surface area contributed by atoms with Gasteiger partial charge in [0.1, 0.15) is 22.3 Å². The molecule has 3 aromatic rings. The van der Waals surface area contributed by atoms with E-state index in [4.69, 9.17) is 22.1 Å². The van der Waals surface area contributed by atoms with E-state index in [1.807, 2.05) is 19.9 Å². The van der Waals surface area contributed by atoms with Crippen LogP contribution in [0.15, 0.2) is 35.7 Å². The maximum atomic E-state index is 14.7. The van der Waals surface area contributed by atoms with Crippen molar-refractivity contribution in [2.45, 2.75) is 19.8 Å². The molecule has 0 aliphatic carbocycles. The number of aromatic nitrogens is 1. The van der Waals surface area contributed by atoms with Crippen LogP contribution in [0.3, 0.4) is 0 Å². The van der Waals surface area contributed by atoms with E-state index in [-0.39, 0.29) is 22.0 Å². The average Bonchev–Trinajstić information content (AvgIpc) is 2.92. The van der Waals surface area contributed by atoms with Crippen molar-refractivity contribution >= 4 is 33.2 Å². The fourth-order valence-corrected chi connectivity index (χ4v) is 4.95. The predicted molar refractivity (Wildman–Crippen MR) is 99.8 cm³/mol. The molecule has 4 rings (SSSR count). The fourth-order valence-electron chi connectivity index (χ4n) is 3.34. The number of hydrogen-bond donors (Lipinski definition) is 1. The van der Waals surface area contributed by atoms with Gasteiger partial charge in [-0.25, -0.2) is 9.37 Å². The summed E-state index contributed by atoms with van der Waals surface area (Å²) in [4.78, 5) is 6.00. The molecule has 2 aromatic heterocycles. The van der Waals surface area contributed by atoms with Crippen molar-refractivity contribution in [1.82, 2.24) is 4.98 Å². The van der Waals surface area contributed by atoms with Crippen molar-refractivity contribution in [2.75, 3.05) is 0 Å². The Bertz CT molecular complexity index is 1130. The number of ether oxygens (including phenoxy) is 1. The number of allylic oxidation sites excluding steroid dienone is 1. The first-order chi connectivity index (χ1) is 12.4. The third-order valence-electron chi connectivity index (χ3n) is 4.41. The quantitative estimate of drug-likeness (QED) is 0.645. The van der Waals surface area contributed by atoms with Gasteiger partial charge in [-0.2, -0.15) is 5.26 Å². The second-order valence-corrected chi connectivity index (χ2v) is 7.55. The zero-order chi connectivity index (χ0) is 18.6. The molecule has 0 radical (unpaired) electrons. The van der Waals surface area contributed by atoms with E-state index >= 15 is 0 Å². The number of benzene rings is 1. The number of thiophene rings is 1. The maximum Gasteiger partial charge on any atom is 0.205 e. The summed E-state index contributed by atoms with van der Waals surface area (Å²) in [5, 5.41) is 10.7. The monoisotopic (exact) mass is 385 g/mol. The molecule has 26 heavy (non-hydrogen) atoms. The van der Waals surface area contributed by atoms with Crippen LogP contribution in [0.4, 0.5) is 4.39 Å².